The van der Waals surface area contributed by atoms with Crippen LogP contribution in [0, 0.1) is 5.92 Å². The molecule has 8 nitrogen and oxygen atoms in total. The van der Waals surface area contributed by atoms with E-state index in [1.807, 2.05) is 0 Å². The molecule has 9 heteroatoms. The maximum atomic E-state index is 12.6. The van der Waals surface area contributed by atoms with Crippen LogP contribution in [-0.4, -0.2) is 36.9 Å². The van der Waals surface area contributed by atoms with E-state index in [-0.39, 0.29) is 37.5 Å². The zero-order valence-corrected chi connectivity index (χ0v) is 17.8. The summed E-state index contributed by atoms with van der Waals surface area (Å²) in [6.07, 6.45) is 2.21. The van der Waals surface area contributed by atoms with Crippen molar-refractivity contribution < 1.29 is 28.0 Å². The molecular formula is C20H29N2O6P. The molecule has 1 saturated carbocycles. The Bertz CT molecular complexity index is 770. The molecule has 0 unspecified atom stereocenters. The molecule has 0 bridgehead atoms. The minimum atomic E-state index is -3.23. The number of benzene rings is 1. The Labute approximate surface area is 171 Å². The van der Waals surface area contributed by atoms with Crippen molar-refractivity contribution in [3.05, 3.63) is 35.4 Å². The van der Waals surface area contributed by atoms with Crippen LogP contribution in [0.4, 0.5) is 0 Å². The van der Waals surface area contributed by atoms with Gasteiger partial charge in [0, 0.05) is 18.4 Å². The molecule has 0 radical (unpaired) electrons. The number of Topliss-reactive ketones (excluding diaryl/α,β-unsaturated/α-hetero) is 1. The average molecular weight is 424 g/mol. The Hall–Kier alpha value is -2.02. The number of amides is 2. The van der Waals surface area contributed by atoms with Gasteiger partial charge in [-0.1, -0.05) is 12.1 Å². The smallest absolute Gasteiger partial charge is 0.335 e. The fourth-order valence-electron chi connectivity index (χ4n) is 3.50. The second-order valence-electron chi connectivity index (χ2n) is 7.05. The van der Waals surface area contributed by atoms with Crippen molar-refractivity contribution in [2.24, 2.45) is 11.7 Å². The Balaban J connectivity index is 2.06. The second kappa shape index (κ2) is 10.7. The lowest BCUT2D eigenvalue weighted by Gasteiger charge is -2.28. The number of hydrogen-bond acceptors (Lipinski definition) is 6. The third kappa shape index (κ3) is 6.77. The number of nitrogens with one attached hydrogen (secondary N) is 1. The van der Waals surface area contributed by atoms with E-state index in [0.717, 1.165) is 0 Å². The van der Waals surface area contributed by atoms with Crippen LogP contribution in [0.1, 0.15) is 55.5 Å². The van der Waals surface area contributed by atoms with E-state index in [0.29, 0.717) is 30.4 Å². The number of nitrogens with two attached hydrogens (primary N) is 1. The van der Waals surface area contributed by atoms with Crippen LogP contribution < -0.4 is 11.1 Å². The highest BCUT2D eigenvalue weighted by Crippen LogP contribution is 2.51. The number of rotatable bonds is 10. The van der Waals surface area contributed by atoms with E-state index < -0.39 is 25.5 Å². The molecule has 29 heavy (non-hydrogen) atoms. The normalized spacial score (nSPS) is 18.3. The Morgan fingerprint density at radius 3 is 2.34 bits per heavy atom. The van der Waals surface area contributed by atoms with Crippen LogP contribution in [0.15, 0.2) is 24.3 Å². The first-order valence-corrected chi connectivity index (χ1v) is 11.6. The number of ketones is 1. The quantitative estimate of drug-likeness (QED) is 0.557. The maximum Gasteiger partial charge on any atom is 0.335 e. The lowest BCUT2D eigenvalue weighted by Crippen LogP contribution is -2.50. The Morgan fingerprint density at radius 1 is 1.21 bits per heavy atom. The molecule has 0 aliphatic heterocycles. The van der Waals surface area contributed by atoms with Crippen LogP contribution in [0.5, 0.6) is 0 Å². The van der Waals surface area contributed by atoms with Crippen molar-refractivity contribution in [2.75, 3.05) is 13.2 Å². The van der Waals surface area contributed by atoms with Crippen molar-refractivity contribution in [1.82, 2.24) is 5.32 Å². The fraction of sp³-hybridized carbons (Fsp3) is 0.550. The summed E-state index contributed by atoms with van der Waals surface area (Å²) in [7, 11) is -3.23. The molecular weight excluding hydrogens is 395 g/mol. The van der Waals surface area contributed by atoms with Crippen molar-refractivity contribution in [2.45, 2.75) is 51.7 Å². The molecule has 2 atom stereocenters. The second-order valence-corrected chi connectivity index (χ2v) is 9.10. The summed E-state index contributed by atoms with van der Waals surface area (Å²) >= 11 is 0. The fourth-order valence-corrected chi connectivity index (χ4v) is 5.20. The van der Waals surface area contributed by atoms with Crippen LogP contribution in [-0.2, 0) is 29.4 Å². The summed E-state index contributed by atoms with van der Waals surface area (Å²) in [5, 5.41) is 2.66. The summed E-state index contributed by atoms with van der Waals surface area (Å²) in [6, 6.07) is 5.61. The first-order valence-electron chi connectivity index (χ1n) is 9.87. The molecule has 1 aromatic carbocycles. The third-order valence-electron chi connectivity index (χ3n) is 4.83. The molecule has 3 N–H and O–H groups in total. The van der Waals surface area contributed by atoms with E-state index >= 15 is 0 Å². The number of carbonyl (C=O) groups is 3. The van der Waals surface area contributed by atoms with Gasteiger partial charge in [0.2, 0.25) is 5.91 Å². The minimum Gasteiger partial charge on any atom is -0.368 e. The van der Waals surface area contributed by atoms with Gasteiger partial charge < -0.3 is 20.1 Å². The number of hydrogen-bond donors (Lipinski definition) is 2. The molecule has 0 aromatic heterocycles. The topological polar surface area (TPSA) is 125 Å². The van der Waals surface area contributed by atoms with E-state index in [1.54, 1.807) is 38.1 Å². The van der Waals surface area contributed by atoms with Gasteiger partial charge in [-0.15, -0.1) is 0 Å². The predicted molar refractivity (Wildman–Crippen MR) is 108 cm³/mol. The van der Waals surface area contributed by atoms with Crippen molar-refractivity contribution in [3.8, 4) is 0 Å². The first-order chi connectivity index (χ1) is 13.8. The van der Waals surface area contributed by atoms with E-state index in [4.69, 9.17) is 14.8 Å². The molecule has 0 spiro atoms. The molecule has 0 saturated heterocycles. The van der Waals surface area contributed by atoms with Crippen molar-refractivity contribution in [3.63, 3.8) is 0 Å². The molecule has 160 valence electrons. The van der Waals surface area contributed by atoms with Crippen LogP contribution in [0.2, 0.25) is 0 Å². The van der Waals surface area contributed by atoms with Gasteiger partial charge in [-0.3, -0.25) is 18.9 Å². The zero-order chi connectivity index (χ0) is 21.4. The maximum absolute atomic E-state index is 12.6. The highest BCUT2D eigenvalue weighted by molar-refractivity contribution is 7.53. The van der Waals surface area contributed by atoms with Gasteiger partial charge in [-0.05, 0) is 50.3 Å². The molecule has 1 aliphatic carbocycles. The summed E-state index contributed by atoms with van der Waals surface area (Å²) < 4.78 is 23.2. The molecule has 0 heterocycles. The highest BCUT2D eigenvalue weighted by Gasteiger charge is 2.32. The summed E-state index contributed by atoms with van der Waals surface area (Å²) in [5.74, 6) is -1.29. The summed E-state index contributed by atoms with van der Waals surface area (Å²) in [5.41, 5.74) is 6.51. The largest absolute Gasteiger partial charge is 0.368 e. The van der Waals surface area contributed by atoms with Crippen LogP contribution >= 0.6 is 7.60 Å². The van der Waals surface area contributed by atoms with Gasteiger partial charge >= 0.3 is 7.60 Å². The molecule has 1 aromatic rings. The van der Waals surface area contributed by atoms with Gasteiger partial charge in [-0.25, -0.2) is 0 Å². The Morgan fingerprint density at radius 2 is 1.83 bits per heavy atom. The van der Waals surface area contributed by atoms with Gasteiger partial charge in [-0.2, -0.15) is 0 Å². The lowest BCUT2D eigenvalue weighted by atomic mass is 9.82. The molecule has 1 aliphatic rings. The predicted octanol–water partition coefficient (Wildman–Crippen LogP) is 2.80. The summed E-state index contributed by atoms with van der Waals surface area (Å²) in [6.45, 7) is 4.04. The van der Waals surface area contributed by atoms with Crippen molar-refractivity contribution in [1.29, 1.82) is 0 Å². The molecule has 1 fully saturated rings. The third-order valence-corrected chi connectivity index (χ3v) is 6.88. The van der Waals surface area contributed by atoms with Crippen molar-refractivity contribution >= 4 is 25.2 Å². The van der Waals surface area contributed by atoms with Crippen LogP contribution in [0.3, 0.4) is 0 Å². The standard InChI is InChI=1S/C20H29N2O6P/c1-3-27-29(26,28-4-2)13-14-8-10-15(11-9-14)20(25)22-18(19(21)24)16-6-5-7-17(23)12-16/h8-11,16,18H,3-7,12-13H2,1-2H3,(H2,21,24)(H,22,25)/t16-,18-/m1/s1. The van der Waals surface area contributed by atoms with E-state index in [2.05, 4.69) is 5.32 Å². The highest BCUT2D eigenvalue weighted by atomic mass is 31.2. The molecule has 2 rings (SSSR count). The van der Waals surface area contributed by atoms with Gasteiger partial charge in [0.25, 0.3) is 5.91 Å². The first kappa shape index (κ1) is 23.3. The zero-order valence-electron chi connectivity index (χ0n) is 16.9. The van der Waals surface area contributed by atoms with Crippen LogP contribution in [0.25, 0.3) is 0 Å². The monoisotopic (exact) mass is 424 g/mol. The van der Waals surface area contributed by atoms with Gasteiger partial charge in [0.1, 0.15) is 11.8 Å². The van der Waals surface area contributed by atoms with E-state index in [9.17, 15) is 18.9 Å². The average Bonchev–Trinajstić information content (AvgIpc) is 2.66. The SMILES string of the molecule is CCOP(=O)(Cc1ccc(C(=O)N[C@@H](C(N)=O)[C@@H]2CCCC(=O)C2)cc1)OCC. The molecule has 2 amide bonds. The van der Waals surface area contributed by atoms with E-state index in [1.165, 1.54) is 0 Å². The minimum absolute atomic E-state index is 0.0825. The lowest BCUT2D eigenvalue weighted by molar-refractivity contribution is -0.124. The van der Waals surface area contributed by atoms with Gasteiger partial charge in [0.15, 0.2) is 0 Å². The number of carbonyl (C=O) groups excluding carboxylic acids is 3. The Kier molecular flexibility index (Phi) is 8.56. The number of primary amides is 1. The summed E-state index contributed by atoms with van der Waals surface area (Å²) in [4.78, 5) is 36.1. The van der Waals surface area contributed by atoms with Gasteiger partial charge in [0.05, 0.1) is 19.4 Å².